The molecule has 0 bridgehead atoms. The Kier molecular flexibility index (Phi) is 3.43. The van der Waals surface area contributed by atoms with E-state index >= 15 is 0 Å². The summed E-state index contributed by atoms with van der Waals surface area (Å²) in [6.07, 6.45) is 5.44. The van der Waals surface area contributed by atoms with Gasteiger partial charge in [0.25, 0.3) is 0 Å². The molecule has 1 unspecified atom stereocenters. The second-order valence-corrected chi connectivity index (χ2v) is 5.10. The molecule has 1 atom stereocenters. The van der Waals surface area contributed by atoms with Crippen LogP contribution in [0.15, 0.2) is 65.6 Å². The van der Waals surface area contributed by atoms with Crippen molar-refractivity contribution in [3.8, 4) is 5.75 Å². The number of aromatic nitrogens is 1. The van der Waals surface area contributed by atoms with Crippen LogP contribution in [0.5, 0.6) is 5.75 Å². The van der Waals surface area contributed by atoms with Gasteiger partial charge in [-0.15, -0.1) is 0 Å². The van der Waals surface area contributed by atoms with Gasteiger partial charge in [0.1, 0.15) is 5.92 Å². The average Bonchev–Trinajstić information content (AvgIpc) is 2.99. The molecule has 106 valence electrons. The Balaban J connectivity index is 0.00000132. The van der Waals surface area contributed by atoms with Crippen LogP contribution in [0.1, 0.15) is 28.3 Å². The monoisotopic (exact) mass is 299 g/mol. The van der Waals surface area contributed by atoms with Gasteiger partial charge in [-0.25, -0.2) is 0 Å². The molecule has 1 aliphatic heterocycles. The topological polar surface area (TPSA) is 37.2 Å². The van der Waals surface area contributed by atoms with E-state index in [0.29, 0.717) is 5.75 Å². The van der Waals surface area contributed by atoms with Crippen LogP contribution in [0.4, 0.5) is 0 Å². The Labute approximate surface area is 128 Å². The van der Waals surface area contributed by atoms with E-state index in [2.05, 4.69) is 22.8 Å². The highest BCUT2D eigenvalue weighted by Gasteiger charge is 2.35. The predicted molar refractivity (Wildman–Crippen MR) is 73.5 cm³/mol. The first-order chi connectivity index (χ1) is 9.84. The summed E-state index contributed by atoms with van der Waals surface area (Å²) >= 11 is 0. The average molecular weight is 300 g/mol. The normalized spacial score (nSPS) is 15.7. The van der Waals surface area contributed by atoms with Gasteiger partial charge < -0.3 is 21.9 Å². The number of aromatic hydroxyl groups is 1. The van der Waals surface area contributed by atoms with Gasteiger partial charge in [0.05, 0.1) is 12.5 Å². The van der Waals surface area contributed by atoms with Crippen LogP contribution in [0.25, 0.3) is 0 Å². The number of hydrogen-bond donors (Lipinski definition) is 1. The van der Waals surface area contributed by atoms with Crippen molar-refractivity contribution in [3.05, 3.63) is 83.6 Å². The summed E-state index contributed by atoms with van der Waals surface area (Å²) < 4.78 is 7.35. The summed E-state index contributed by atoms with van der Waals surface area (Å²) in [7, 11) is 0. The van der Waals surface area contributed by atoms with Crippen molar-refractivity contribution in [1.82, 2.24) is 0 Å². The molecule has 0 aliphatic carbocycles. The van der Waals surface area contributed by atoms with E-state index in [9.17, 15) is 5.11 Å². The maximum Gasteiger partial charge on any atom is 0.235 e. The SMILES string of the molecule is Oc1ccc[n+]2c1C(c1ccoc1)c1ccccc1C2.[Cl-]. The number of hydrogen-bond acceptors (Lipinski definition) is 2. The second-order valence-electron chi connectivity index (χ2n) is 5.10. The molecular weight excluding hydrogens is 286 g/mol. The first kappa shape index (κ1) is 13.7. The van der Waals surface area contributed by atoms with Crippen LogP contribution in [0.3, 0.4) is 0 Å². The van der Waals surface area contributed by atoms with E-state index in [0.717, 1.165) is 17.8 Å². The zero-order chi connectivity index (χ0) is 13.5. The zero-order valence-electron chi connectivity index (χ0n) is 11.2. The fourth-order valence-corrected chi connectivity index (χ4v) is 3.07. The van der Waals surface area contributed by atoms with Gasteiger partial charge >= 0.3 is 0 Å². The molecule has 0 amide bonds. The number of benzene rings is 1. The fraction of sp³-hybridized carbons (Fsp3) is 0.118. The van der Waals surface area contributed by atoms with Crippen molar-refractivity contribution >= 4 is 0 Å². The van der Waals surface area contributed by atoms with Crippen LogP contribution in [-0.4, -0.2) is 5.11 Å². The number of halogens is 1. The number of nitrogens with zero attached hydrogens (tertiary/aromatic N) is 1. The Morgan fingerprint density at radius 1 is 1.10 bits per heavy atom. The van der Waals surface area contributed by atoms with E-state index in [1.807, 2.05) is 24.4 Å². The Hall–Kier alpha value is -2.26. The summed E-state index contributed by atoms with van der Waals surface area (Å²) in [6.45, 7) is 0.786. The third kappa shape index (κ3) is 2.10. The minimum absolute atomic E-state index is 0. The largest absolute Gasteiger partial charge is 1.00 e. The van der Waals surface area contributed by atoms with E-state index in [-0.39, 0.29) is 18.3 Å². The van der Waals surface area contributed by atoms with E-state index in [1.54, 1.807) is 18.6 Å². The maximum atomic E-state index is 10.3. The number of furan rings is 1. The van der Waals surface area contributed by atoms with Crippen LogP contribution >= 0.6 is 0 Å². The van der Waals surface area contributed by atoms with Crippen molar-refractivity contribution in [2.24, 2.45) is 0 Å². The molecule has 4 rings (SSSR count). The minimum atomic E-state index is 0. The van der Waals surface area contributed by atoms with Crippen molar-refractivity contribution in [2.45, 2.75) is 12.5 Å². The molecule has 0 fully saturated rings. The fourth-order valence-electron chi connectivity index (χ4n) is 3.07. The minimum Gasteiger partial charge on any atom is -1.00 e. The first-order valence-corrected chi connectivity index (χ1v) is 6.66. The zero-order valence-corrected chi connectivity index (χ0v) is 12.0. The third-order valence-corrected chi connectivity index (χ3v) is 3.95. The highest BCUT2D eigenvalue weighted by Crippen LogP contribution is 2.38. The van der Waals surface area contributed by atoms with E-state index < -0.39 is 0 Å². The molecule has 3 nitrogen and oxygen atoms in total. The summed E-state index contributed by atoms with van der Waals surface area (Å²) in [5.41, 5.74) is 4.50. The Morgan fingerprint density at radius 3 is 2.76 bits per heavy atom. The quantitative estimate of drug-likeness (QED) is 0.495. The lowest BCUT2D eigenvalue weighted by Crippen LogP contribution is -3.00. The molecule has 3 heterocycles. The summed E-state index contributed by atoms with van der Waals surface area (Å²) in [5, 5.41) is 10.3. The van der Waals surface area contributed by atoms with E-state index in [4.69, 9.17) is 4.42 Å². The highest BCUT2D eigenvalue weighted by atomic mass is 35.5. The molecule has 1 aromatic carbocycles. The van der Waals surface area contributed by atoms with Gasteiger partial charge in [0.2, 0.25) is 5.69 Å². The summed E-state index contributed by atoms with van der Waals surface area (Å²) in [4.78, 5) is 0. The molecule has 4 heteroatoms. The van der Waals surface area contributed by atoms with Crippen LogP contribution < -0.4 is 17.0 Å². The Morgan fingerprint density at radius 2 is 1.95 bits per heavy atom. The smallest absolute Gasteiger partial charge is 0.235 e. The molecular formula is C17H14ClNO2. The van der Waals surface area contributed by atoms with Gasteiger partial charge in [-0.1, -0.05) is 24.3 Å². The summed E-state index contributed by atoms with van der Waals surface area (Å²) in [6, 6.07) is 13.9. The molecule has 1 N–H and O–H groups in total. The first-order valence-electron chi connectivity index (χ1n) is 6.66. The number of rotatable bonds is 1. The van der Waals surface area contributed by atoms with Gasteiger partial charge in [-0.05, 0) is 17.7 Å². The van der Waals surface area contributed by atoms with E-state index in [1.165, 1.54) is 11.1 Å². The molecule has 2 aromatic heterocycles. The molecule has 0 saturated heterocycles. The maximum absolute atomic E-state index is 10.3. The molecule has 0 radical (unpaired) electrons. The van der Waals surface area contributed by atoms with Gasteiger partial charge in [-0.2, -0.15) is 4.57 Å². The second kappa shape index (κ2) is 5.26. The predicted octanol–water partition coefficient (Wildman–Crippen LogP) is -0.181. The van der Waals surface area contributed by atoms with Crippen LogP contribution in [-0.2, 0) is 6.54 Å². The van der Waals surface area contributed by atoms with Crippen LogP contribution in [0, 0.1) is 0 Å². The number of pyridine rings is 1. The number of fused-ring (bicyclic) bond motifs is 2. The van der Waals surface area contributed by atoms with Crippen molar-refractivity contribution in [3.63, 3.8) is 0 Å². The molecule has 0 saturated carbocycles. The highest BCUT2D eigenvalue weighted by molar-refractivity contribution is 5.46. The van der Waals surface area contributed by atoms with Crippen molar-refractivity contribution in [1.29, 1.82) is 0 Å². The Bertz CT molecular complexity index is 768. The summed E-state index contributed by atoms with van der Waals surface area (Å²) in [5.74, 6) is 0.341. The molecule has 0 spiro atoms. The molecule has 1 aliphatic rings. The lowest BCUT2D eigenvalue weighted by Gasteiger charge is -2.23. The standard InChI is InChI=1S/C17H13NO2.ClH/c19-15-6-3-8-18-10-12-4-1-2-5-14(12)16(17(15)18)13-7-9-20-11-13;/h1-9,11,16H,10H2;1H. The van der Waals surface area contributed by atoms with Crippen molar-refractivity contribution < 1.29 is 26.5 Å². The van der Waals surface area contributed by atoms with Gasteiger partial charge in [0, 0.05) is 17.2 Å². The molecule has 21 heavy (non-hydrogen) atoms. The van der Waals surface area contributed by atoms with Gasteiger partial charge in [0.15, 0.2) is 18.5 Å². The lowest BCUT2D eigenvalue weighted by atomic mass is 9.83. The lowest BCUT2D eigenvalue weighted by molar-refractivity contribution is -0.698. The third-order valence-electron chi connectivity index (χ3n) is 3.95. The van der Waals surface area contributed by atoms with Crippen LogP contribution in [0.2, 0.25) is 0 Å². The van der Waals surface area contributed by atoms with Crippen molar-refractivity contribution in [2.75, 3.05) is 0 Å². The van der Waals surface area contributed by atoms with Gasteiger partial charge in [-0.3, -0.25) is 0 Å². The molecule has 3 aromatic rings.